The number of aromatic nitrogens is 2. The predicted molar refractivity (Wildman–Crippen MR) is 41.0 cm³/mol. The first-order chi connectivity index (χ1) is 5.15. The average Bonchev–Trinajstić information content (AvgIpc) is 1.99. The van der Waals surface area contributed by atoms with Crippen LogP contribution in [0.1, 0.15) is 11.4 Å². The third-order valence-electron chi connectivity index (χ3n) is 1.41. The van der Waals surface area contributed by atoms with Gasteiger partial charge < -0.3 is 5.32 Å². The summed E-state index contributed by atoms with van der Waals surface area (Å²) in [4.78, 5) is 7.71. The van der Waals surface area contributed by atoms with Crippen LogP contribution in [0.25, 0.3) is 0 Å². The Labute approximate surface area is 64.7 Å². The molecule has 1 rings (SSSR count). The number of anilines is 1. The van der Waals surface area contributed by atoms with Gasteiger partial charge in [0.1, 0.15) is 0 Å². The number of aryl methyl sites for hydroxylation is 2. The molecule has 0 radical (unpaired) electrons. The minimum absolute atomic E-state index is 0.330. The number of hydrogen-bond donors (Lipinski definition) is 1. The highest BCUT2D eigenvalue weighted by atomic mass is 19.1. The lowest BCUT2D eigenvalue weighted by molar-refractivity contribution is 0.590. The molecule has 4 heteroatoms. The van der Waals surface area contributed by atoms with Crippen molar-refractivity contribution in [2.75, 3.05) is 12.4 Å². The van der Waals surface area contributed by atoms with Crippen LogP contribution in [0.5, 0.6) is 0 Å². The fourth-order valence-electron chi connectivity index (χ4n) is 0.814. The van der Waals surface area contributed by atoms with E-state index in [-0.39, 0.29) is 5.82 Å². The van der Waals surface area contributed by atoms with E-state index < -0.39 is 0 Å². The molecule has 0 saturated heterocycles. The van der Waals surface area contributed by atoms with E-state index in [1.807, 2.05) is 0 Å². The number of nitrogens with one attached hydrogen (secondary N) is 1. The molecule has 1 N–H and O–H groups in total. The molecule has 1 aromatic rings. The highest BCUT2D eigenvalue weighted by Gasteiger charge is 2.05. The molecule has 3 nitrogen and oxygen atoms in total. The van der Waals surface area contributed by atoms with E-state index in [0.29, 0.717) is 17.3 Å². The zero-order chi connectivity index (χ0) is 8.43. The summed E-state index contributed by atoms with van der Waals surface area (Å²) in [5, 5.41) is 2.75. The smallest absolute Gasteiger partial charge is 0.223 e. The molecule has 0 aliphatic carbocycles. The highest BCUT2D eigenvalue weighted by Crippen LogP contribution is 2.08. The number of hydrogen-bond acceptors (Lipinski definition) is 3. The van der Waals surface area contributed by atoms with Crippen molar-refractivity contribution >= 4 is 5.95 Å². The van der Waals surface area contributed by atoms with E-state index in [4.69, 9.17) is 0 Å². The van der Waals surface area contributed by atoms with Crippen LogP contribution in [0.15, 0.2) is 0 Å². The fraction of sp³-hybridized carbons (Fsp3) is 0.429. The van der Waals surface area contributed by atoms with E-state index in [1.165, 1.54) is 0 Å². The largest absolute Gasteiger partial charge is 0.357 e. The minimum atomic E-state index is -0.330. The molecule has 1 aromatic heterocycles. The Morgan fingerprint density at radius 3 is 2.00 bits per heavy atom. The standard InChI is InChI=1S/C7H10FN3/c1-4-6(8)5(2)11-7(9-3)10-4/h1-3H3,(H,9,10,11). The monoisotopic (exact) mass is 155 g/mol. The van der Waals surface area contributed by atoms with Crippen molar-refractivity contribution in [1.29, 1.82) is 0 Å². The Hall–Kier alpha value is -1.19. The van der Waals surface area contributed by atoms with Crippen molar-refractivity contribution in [2.24, 2.45) is 0 Å². The predicted octanol–water partition coefficient (Wildman–Crippen LogP) is 1.27. The van der Waals surface area contributed by atoms with E-state index in [1.54, 1.807) is 20.9 Å². The topological polar surface area (TPSA) is 37.8 Å². The molecule has 0 amide bonds. The third kappa shape index (κ3) is 1.45. The molecule has 0 spiro atoms. The van der Waals surface area contributed by atoms with Gasteiger partial charge in [0, 0.05) is 7.05 Å². The fourth-order valence-corrected chi connectivity index (χ4v) is 0.814. The first kappa shape index (κ1) is 7.91. The second-order valence-corrected chi connectivity index (χ2v) is 2.28. The van der Waals surface area contributed by atoms with Gasteiger partial charge in [-0.15, -0.1) is 0 Å². The maximum atomic E-state index is 12.9. The minimum Gasteiger partial charge on any atom is -0.357 e. The van der Waals surface area contributed by atoms with E-state index in [9.17, 15) is 4.39 Å². The third-order valence-corrected chi connectivity index (χ3v) is 1.41. The summed E-state index contributed by atoms with van der Waals surface area (Å²) in [5.41, 5.74) is 0.753. The number of halogens is 1. The molecule has 0 aliphatic heterocycles. The molecule has 0 fully saturated rings. The SMILES string of the molecule is CNc1nc(C)c(F)c(C)n1. The molecule has 60 valence electrons. The first-order valence-corrected chi connectivity index (χ1v) is 3.33. The van der Waals surface area contributed by atoms with Gasteiger partial charge in [-0.2, -0.15) is 0 Å². The summed E-state index contributed by atoms with van der Waals surface area (Å²) in [5.74, 6) is 0.130. The summed E-state index contributed by atoms with van der Waals surface area (Å²) >= 11 is 0. The van der Waals surface area contributed by atoms with Crippen molar-refractivity contribution in [2.45, 2.75) is 13.8 Å². The van der Waals surface area contributed by atoms with Gasteiger partial charge >= 0.3 is 0 Å². The maximum absolute atomic E-state index is 12.9. The van der Waals surface area contributed by atoms with Crippen molar-refractivity contribution < 1.29 is 4.39 Å². The molecular formula is C7H10FN3. The molecular weight excluding hydrogens is 145 g/mol. The van der Waals surface area contributed by atoms with Crippen LogP contribution in [0.2, 0.25) is 0 Å². The second kappa shape index (κ2) is 2.82. The van der Waals surface area contributed by atoms with Gasteiger partial charge in [0.2, 0.25) is 5.95 Å². The average molecular weight is 155 g/mol. The van der Waals surface area contributed by atoms with E-state index >= 15 is 0 Å². The summed E-state index contributed by atoms with van der Waals surface area (Å²) in [6, 6.07) is 0. The van der Waals surface area contributed by atoms with Crippen molar-refractivity contribution in [3.8, 4) is 0 Å². The Bertz CT molecular complexity index is 249. The normalized spacial score (nSPS) is 9.82. The zero-order valence-electron chi connectivity index (χ0n) is 6.77. The zero-order valence-corrected chi connectivity index (χ0v) is 6.77. The van der Waals surface area contributed by atoms with Crippen LogP contribution in [0.3, 0.4) is 0 Å². The quantitative estimate of drug-likeness (QED) is 0.663. The lowest BCUT2D eigenvalue weighted by Crippen LogP contribution is -2.02. The van der Waals surface area contributed by atoms with Gasteiger partial charge in [-0.3, -0.25) is 0 Å². The van der Waals surface area contributed by atoms with Crippen LogP contribution >= 0.6 is 0 Å². The lowest BCUT2D eigenvalue weighted by atomic mass is 10.3. The van der Waals surface area contributed by atoms with Crippen LogP contribution in [0, 0.1) is 19.7 Å². The van der Waals surface area contributed by atoms with Gasteiger partial charge in [-0.1, -0.05) is 0 Å². The van der Waals surface area contributed by atoms with Gasteiger partial charge in [-0.05, 0) is 13.8 Å². The van der Waals surface area contributed by atoms with E-state index in [0.717, 1.165) is 0 Å². The van der Waals surface area contributed by atoms with Gasteiger partial charge in [0.05, 0.1) is 11.4 Å². The summed E-state index contributed by atoms with van der Waals surface area (Å²) in [7, 11) is 1.70. The van der Waals surface area contributed by atoms with Crippen LogP contribution in [0.4, 0.5) is 10.3 Å². The molecule has 0 bridgehead atoms. The molecule has 0 unspecified atom stereocenters. The lowest BCUT2D eigenvalue weighted by Gasteiger charge is -2.02. The Balaban J connectivity index is 3.21. The van der Waals surface area contributed by atoms with E-state index in [2.05, 4.69) is 15.3 Å². The Kier molecular flexibility index (Phi) is 2.03. The molecule has 0 atom stereocenters. The van der Waals surface area contributed by atoms with Gasteiger partial charge in [0.25, 0.3) is 0 Å². The van der Waals surface area contributed by atoms with Crippen molar-refractivity contribution in [3.05, 3.63) is 17.2 Å². The highest BCUT2D eigenvalue weighted by molar-refractivity contribution is 5.27. The molecule has 11 heavy (non-hydrogen) atoms. The van der Waals surface area contributed by atoms with Gasteiger partial charge in [0.15, 0.2) is 5.82 Å². The first-order valence-electron chi connectivity index (χ1n) is 3.33. The van der Waals surface area contributed by atoms with Crippen LogP contribution < -0.4 is 5.32 Å². The molecule has 0 aliphatic rings. The summed E-state index contributed by atoms with van der Waals surface area (Å²) < 4.78 is 12.9. The maximum Gasteiger partial charge on any atom is 0.223 e. The number of rotatable bonds is 1. The van der Waals surface area contributed by atoms with Gasteiger partial charge in [-0.25, -0.2) is 14.4 Å². The second-order valence-electron chi connectivity index (χ2n) is 2.28. The van der Waals surface area contributed by atoms with Crippen LogP contribution in [-0.2, 0) is 0 Å². The molecule has 1 heterocycles. The molecule has 0 saturated carbocycles. The summed E-state index contributed by atoms with van der Waals surface area (Å²) in [6.45, 7) is 3.23. The van der Waals surface area contributed by atoms with Crippen molar-refractivity contribution in [3.63, 3.8) is 0 Å². The Morgan fingerprint density at radius 1 is 1.18 bits per heavy atom. The number of nitrogens with zero attached hydrogens (tertiary/aromatic N) is 2. The summed E-state index contributed by atoms with van der Waals surface area (Å²) in [6.07, 6.45) is 0. The Morgan fingerprint density at radius 2 is 1.64 bits per heavy atom. The molecule has 0 aromatic carbocycles. The van der Waals surface area contributed by atoms with Crippen molar-refractivity contribution in [1.82, 2.24) is 9.97 Å². The van der Waals surface area contributed by atoms with Crippen LogP contribution in [-0.4, -0.2) is 17.0 Å².